The molecule has 11 aliphatic rings. The number of amides is 1. The lowest BCUT2D eigenvalue weighted by Crippen LogP contribution is -2.70. The molecule has 0 bridgehead atoms. The van der Waals surface area contributed by atoms with Crippen LogP contribution >= 0.6 is 7.82 Å². The molecule has 145 heavy (non-hydrogen) atoms. The van der Waals surface area contributed by atoms with Gasteiger partial charge in [0.05, 0.1) is 68.8 Å². The normalized spacial score (nSPS) is 41.8. The first-order chi connectivity index (χ1) is 68.8. The van der Waals surface area contributed by atoms with Crippen molar-refractivity contribution in [2.45, 2.75) is 497 Å². The molecule has 1 amide bonds. The third-order valence-corrected chi connectivity index (χ3v) is 35.3. The average molecular weight is 2100 g/mol. The van der Waals surface area contributed by atoms with Crippen molar-refractivity contribution in [1.82, 2.24) is 5.32 Å². The number of ether oxygens (including phenoxy) is 15. The Kier molecular flexibility index (Phi) is 45.7. The molecule has 18 N–H and O–H groups in total. The Morgan fingerprint density at radius 1 is 0.524 bits per heavy atom. The summed E-state index contributed by atoms with van der Waals surface area (Å²) in [6.07, 6.45) is -24.7. The number of fused-ring (bicyclic) bond motifs is 7. The highest BCUT2D eigenvalue weighted by atomic mass is 31.2. The fourth-order valence-corrected chi connectivity index (χ4v) is 25.9. The van der Waals surface area contributed by atoms with Gasteiger partial charge in [-0.1, -0.05) is 222 Å². The van der Waals surface area contributed by atoms with Crippen molar-refractivity contribution in [3.05, 3.63) is 11.6 Å². The topological polar surface area (TPSA) is 615 Å². The van der Waals surface area contributed by atoms with Crippen LogP contribution in [0.25, 0.3) is 0 Å². The van der Waals surface area contributed by atoms with Crippen molar-refractivity contribution in [1.29, 1.82) is 0 Å². The van der Waals surface area contributed by atoms with Crippen LogP contribution in [-0.4, -0.2) is 366 Å². The van der Waals surface area contributed by atoms with E-state index in [9.17, 15) is 106 Å². The van der Waals surface area contributed by atoms with Crippen LogP contribution in [0, 0.1) is 56.2 Å². The smallest absolute Gasteiger partial charge is 0.461 e. The van der Waals surface area contributed by atoms with Crippen LogP contribution in [0.3, 0.4) is 0 Å². The molecule has 42 heteroatoms. The summed E-state index contributed by atoms with van der Waals surface area (Å²) < 4.78 is 117. The van der Waals surface area contributed by atoms with Crippen LogP contribution in [0.2, 0.25) is 0 Å². The summed E-state index contributed by atoms with van der Waals surface area (Å²) >= 11 is 0. The van der Waals surface area contributed by atoms with E-state index in [0.29, 0.717) is 51.4 Å². The zero-order valence-corrected chi connectivity index (χ0v) is 88.0. The molecule has 6 saturated heterocycles. The SMILES string of the molecule is CCCCCCCCCCCCCCCC(=O)O[C@H](COC(=O)C(C)CCCCCCCCCCCCC)COP(=O)(O)OCCNC(=O)C1OC(O[C@H]2CC[C@@]3(C)C(CC[C@]4(C)C3CC=C3C5CC(C)(C)CC[C@]5(C(=O)OC5OC(C)C(O)C(O)C5OC5OC(C)C(O)C(OC)C5OC5OC(CO)C(O)C(O)C5O)[C@H](O)C[C@]34C)[C@]2(C)C=O)C(OC2OC(CO)C(O)C(O)C2O)C(OC2OCC(O)C(O)C2O)C1O. The number of aldehydes is 1. The molecule has 0 aromatic rings. The van der Waals surface area contributed by atoms with Gasteiger partial charge in [0, 0.05) is 20.1 Å². The molecular formula is C103H176NO40P. The number of nitrogens with one attached hydrogen (secondary N) is 1. The van der Waals surface area contributed by atoms with Gasteiger partial charge in [0.2, 0.25) is 6.29 Å². The summed E-state index contributed by atoms with van der Waals surface area (Å²) in [7, 11) is -3.92. The Morgan fingerprint density at radius 3 is 1.61 bits per heavy atom. The van der Waals surface area contributed by atoms with Gasteiger partial charge >= 0.3 is 25.7 Å². The number of phosphoric ester groups is 1. The highest BCUT2D eigenvalue weighted by Crippen LogP contribution is 2.76. The second-order valence-corrected chi connectivity index (χ2v) is 46.4. The average Bonchev–Trinajstić information content (AvgIpc) is 0.667. The predicted octanol–water partition coefficient (Wildman–Crippen LogP) is 5.64. The van der Waals surface area contributed by atoms with E-state index in [0.717, 1.165) is 76.1 Å². The number of allylic oxidation sites excluding steroid dienone is 2. The number of aliphatic hydroxyl groups is 16. The number of unbranched alkanes of at least 4 members (excludes halogenated alkanes) is 22. The predicted molar refractivity (Wildman–Crippen MR) is 515 cm³/mol. The Morgan fingerprint density at radius 2 is 1.05 bits per heavy atom. The molecule has 6 heterocycles. The van der Waals surface area contributed by atoms with E-state index in [4.69, 9.17) is 80.1 Å². The number of carbonyl (C=O) groups is 5. The van der Waals surface area contributed by atoms with Crippen LogP contribution in [0.1, 0.15) is 301 Å². The summed E-state index contributed by atoms with van der Waals surface area (Å²) in [6.45, 7) is 16.1. The Bertz CT molecular complexity index is 4070. The van der Waals surface area contributed by atoms with Crippen molar-refractivity contribution in [2.75, 3.05) is 53.3 Å². The number of carbonyl (C=O) groups excluding carboxylic acids is 5. The lowest BCUT2D eigenvalue weighted by Gasteiger charge is -2.71. The molecule has 42 atom stereocenters. The monoisotopic (exact) mass is 2100 g/mol. The number of hydrogen-bond donors (Lipinski definition) is 18. The minimum atomic E-state index is -5.15. The summed E-state index contributed by atoms with van der Waals surface area (Å²) in [5.74, 6) is -5.40. The number of rotatable bonds is 54. The number of hydrogen-bond acceptors (Lipinski definition) is 39. The van der Waals surface area contributed by atoms with Crippen molar-refractivity contribution < 1.29 is 195 Å². The largest absolute Gasteiger partial charge is 0.472 e. The van der Waals surface area contributed by atoms with Crippen molar-refractivity contribution in [2.24, 2.45) is 56.2 Å². The second kappa shape index (κ2) is 54.6. The van der Waals surface area contributed by atoms with E-state index >= 15 is 9.59 Å². The number of phosphoric acid groups is 1. The first kappa shape index (κ1) is 121. The van der Waals surface area contributed by atoms with Crippen LogP contribution in [-0.2, 0) is 109 Å². The molecule has 6 aliphatic heterocycles. The zero-order valence-electron chi connectivity index (χ0n) is 87.1. The van der Waals surface area contributed by atoms with Crippen molar-refractivity contribution in [3.8, 4) is 0 Å². The third-order valence-electron chi connectivity index (χ3n) is 34.3. The molecule has 0 radical (unpaired) electrons. The molecular weight excluding hydrogens is 1920 g/mol. The highest BCUT2D eigenvalue weighted by molar-refractivity contribution is 7.47. The van der Waals surface area contributed by atoms with Gasteiger partial charge in [-0.2, -0.15) is 0 Å². The molecule has 838 valence electrons. The van der Waals surface area contributed by atoms with E-state index in [1.54, 1.807) is 13.8 Å². The standard InChI is InChI=1S/C103H176NO40P/c1-13-15-17-19-21-23-25-26-28-30-32-34-36-38-70(110)135-60(53-129-90(124)57(3)37-35-33-31-29-27-24-22-20-18-16-14-2)54-132-145(126,127)131-48-47-104-89(123)85-82(122)84(139-91-79(119)73(113)63(108)55-130-91)88(143-93-81(121)77(117)75(115)65(52-106)137-93)96(140-85)138-69-42-43-99(8)66(100(69,9)56-107)41-44-101(10)67(99)40-39-61-62-49-98(6,7)45-46-103(62,68(109)50-102(61,101)11)97(125)144-94-86(78(118)71(111)58(4)133-94)141-95-87(83(128-12)72(112)59(5)134-95)142-92-80(120)76(116)74(114)64(51-105)136-92/h39,56-60,62-69,71-88,91-96,105-106,108-109,111-122H,13-38,40-55H2,1-12H3,(H,104,123)(H,126,127)/t57?,58?,59?,60-,62?,63?,64?,65?,66?,67?,68-,69+,71?,72?,73?,74?,75?,76?,77?,78?,79?,80?,81?,82?,83?,84?,85?,86?,87?,88?,91?,92?,93?,94?,95?,96?,99+,100+,101-,102-,103-/m1/s1. The van der Waals surface area contributed by atoms with E-state index in [1.807, 2.05) is 0 Å². The summed E-state index contributed by atoms with van der Waals surface area (Å²) in [6, 6.07) is 0. The maximum atomic E-state index is 16.1. The molecule has 0 aromatic heterocycles. The number of methoxy groups -OCH3 is 1. The Balaban J connectivity index is 0.807. The van der Waals surface area contributed by atoms with Crippen LogP contribution < -0.4 is 5.32 Å². The van der Waals surface area contributed by atoms with Gasteiger partial charge < -0.3 is 168 Å². The van der Waals surface area contributed by atoms with Gasteiger partial charge in [0.25, 0.3) is 5.91 Å². The summed E-state index contributed by atoms with van der Waals surface area (Å²) in [5, 5.41) is 184. The van der Waals surface area contributed by atoms with E-state index in [2.05, 4.69) is 59.9 Å². The zero-order chi connectivity index (χ0) is 106. The second-order valence-electron chi connectivity index (χ2n) is 44.9. The molecule has 34 unspecified atom stereocenters. The van der Waals surface area contributed by atoms with Gasteiger partial charge in [-0.25, -0.2) is 4.57 Å². The van der Waals surface area contributed by atoms with Crippen LogP contribution in [0.5, 0.6) is 0 Å². The molecule has 11 rings (SSSR count). The summed E-state index contributed by atoms with van der Waals surface area (Å²) in [5.41, 5.74) is -5.21. The fraction of sp³-hybridized carbons (Fsp3) is 0.932. The van der Waals surface area contributed by atoms with Crippen molar-refractivity contribution in [3.63, 3.8) is 0 Å². The lowest BCUT2D eigenvalue weighted by molar-refractivity contribution is -0.391. The Hall–Kier alpha value is -3.72. The minimum absolute atomic E-state index is 0.00888. The molecule has 10 fully saturated rings. The van der Waals surface area contributed by atoms with Crippen LogP contribution in [0.4, 0.5) is 0 Å². The Labute approximate surface area is 853 Å². The fourth-order valence-electron chi connectivity index (χ4n) is 25.1. The number of esters is 3. The van der Waals surface area contributed by atoms with Gasteiger partial charge in [0.15, 0.2) is 49.8 Å². The van der Waals surface area contributed by atoms with Gasteiger partial charge in [-0.15, -0.1) is 0 Å². The minimum Gasteiger partial charge on any atom is -0.461 e. The van der Waals surface area contributed by atoms with Crippen molar-refractivity contribution >= 4 is 37.9 Å². The molecule has 0 aromatic carbocycles. The van der Waals surface area contributed by atoms with E-state index in [-0.39, 0.29) is 31.6 Å². The van der Waals surface area contributed by atoms with Gasteiger partial charge in [-0.3, -0.25) is 28.2 Å². The van der Waals surface area contributed by atoms with E-state index in [1.165, 1.54) is 104 Å². The summed E-state index contributed by atoms with van der Waals surface area (Å²) in [4.78, 5) is 84.0. The highest BCUT2D eigenvalue weighted by Gasteiger charge is 2.74. The first-order valence-corrected chi connectivity index (χ1v) is 55.4. The maximum Gasteiger partial charge on any atom is 0.472 e. The molecule has 0 spiro atoms. The van der Waals surface area contributed by atoms with Gasteiger partial charge in [0.1, 0.15) is 134 Å². The number of aliphatic hydroxyl groups excluding tert-OH is 16. The first-order valence-electron chi connectivity index (χ1n) is 53.9. The van der Waals surface area contributed by atoms with E-state index < -0.39 is 325 Å². The molecule has 41 nitrogen and oxygen atoms in total. The molecule has 5 aliphatic carbocycles. The van der Waals surface area contributed by atoms with Crippen LogP contribution in [0.15, 0.2) is 11.6 Å². The maximum absolute atomic E-state index is 16.1. The van der Waals surface area contributed by atoms with Gasteiger partial charge in [-0.05, 0) is 124 Å². The lowest BCUT2D eigenvalue weighted by atomic mass is 9.33. The quantitative estimate of drug-likeness (QED) is 0.00666. The third kappa shape index (κ3) is 28.6. The molecule has 4 saturated carbocycles.